The van der Waals surface area contributed by atoms with Gasteiger partial charge < -0.3 is 5.32 Å². The van der Waals surface area contributed by atoms with Gasteiger partial charge in [0.15, 0.2) is 11.5 Å². The SMILES string of the molecule is CCc1c(Nc2ccccc2)c(C(=O)C2CC2)nn1-c1ccccc1C. The van der Waals surface area contributed by atoms with Crippen molar-refractivity contribution in [3.05, 3.63) is 71.5 Å². The number of para-hydroxylation sites is 2. The van der Waals surface area contributed by atoms with E-state index in [1.807, 2.05) is 47.1 Å². The molecule has 0 saturated heterocycles. The van der Waals surface area contributed by atoms with Crippen LogP contribution in [-0.2, 0) is 6.42 Å². The molecule has 0 spiro atoms. The standard InChI is InChI=1S/C22H23N3O/c1-3-18-20(23-17-10-5-4-6-11-17)21(22(26)16-13-14-16)24-25(18)19-12-8-7-9-15(19)2/h4-12,16,23H,3,13-14H2,1-2H3. The van der Waals surface area contributed by atoms with Gasteiger partial charge in [0.25, 0.3) is 0 Å². The number of ketones is 1. The summed E-state index contributed by atoms with van der Waals surface area (Å²) in [6.07, 6.45) is 2.74. The van der Waals surface area contributed by atoms with E-state index in [0.29, 0.717) is 5.69 Å². The third-order valence-electron chi connectivity index (χ3n) is 4.88. The Morgan fingerprint density at radius 3 is 2.46 bits per heavy atom. The summed E-state index contributed by atoms with van der Waals surface area (Å²) in [7, 11) is 0. The lowest BCUT2D eigenvalue weighted by Crippen LogP contribution is -2.06. The number of nitrogens with one attached hydrogen (secondary N) is 1. The minimum Gasteiger partial charge on any atom is -0.352 e. The second-order valence-electron chi connectivity index (χ2n) is 6.85. The van der Waals surface area contributed by atoms with E-state index in [4.69, 9.17) is 5.10 Å². The van der Waals surface area contributed by atoms with Gasteiger partial charge in [0, 0.05) is 11.6 Å². The predicted octanol–water partition coefficient (Wildman–Crippen LogP) is 5.08. The Balaban J connectivity index is 1.87. The average Bonchev–Trinajstić information content (AvgIpc) is 3.45. The molecule has 1 N–H and O–H groups in total. The van der Waals surface area contributed by atoms with Crippen molar-refractivity contribution in [1.82, 2.24) is 9.78 Å². The number of benzene rings is 2. The average molecular weight is 345 g/mol. The van der Waals surface area contributed by atoms with Crippen LogP contribution in [-0.4, -0.2) is 15.6 Å². The molecule has 0 aliphatic heterocycles. The van der Waals surface area contributed by atoms with Gasteiger partial charge in [0.1, 0.15) is 0 Å². The number of anilines is 2. The molecule has 1 aliphatic rings. The highest BCUT2D eigenvalue weighted by Crippen LogP contribution is 2.37. The lowest BCUT2D eigenvalue weighted by molar-refractivity contribution is 0.0963. The molecule has 4 rings (SSSR count). The molecule has 4 nitrogen and oxygen atoms in total. The van der Waals surface area contributed by atoms with Gasteiger partial charge in [-0.05, 0) is 49.9 Å². The summed E-state index contributed by atoms with van der Waals surface area (Å²) in [6, 6.07) is 18.1. The molecule has 132 valence electrons. The van der Waals surface area contributed by atoms with E-state index in [1.54, 1.807) is 0 Å². The van der Waals surface area contributed by atoms with Gasteiger partial charge in [0.05, 0.1) is 17.1 Å². The highest BCUT2D eigenvalue weighted by molar-refractivity contribution is 6.03. The lowest BCUT2D eigenvalue weighted by Gasteiger charge is -2.11. The number of carbonyl (C=O) groups is 1. The summed E-state index contributed by atoms with van der Waals surface area (Å²) in [5.74, 6) is 0.293. The second kappa shape index (κ2) is 6.79. The number of Topliss-reactive ketones (excluding diaryl/α,β-unsaturated/α-hetero) is 1. The van der Waals surface area contributed by atoms with Gasteiger partial charge in [-0.3, -0.25) is 4.79 Å². The Bertz CT molecular complexity index is 939. The molecule has 1 aromatic heterocycles. The van der Waals surface area contributed by atoms with Crippen molar-refractivity contribution in [2.24, 2.45) is 5.92 Å². The topological polar surface area (TPSA) is 46.9 Å². The summed E-state index contributed by atoms with van der Waals surface area (Å²) in [5, 5.41) is 8.24. The van der Waals surface area contributed by atoms with Crippen molar-refractivity contribution in [2.45, 2.75) is 33.1 Å². The van der Waals surface area contributed by atoms with Crippen LogP contribution in [0.2, 0.25) is 0 Å². The first kappa shape index (κ1) is 16.6. The molecule has 0 atom stereocenters. The molecule has 0 bridgehead atoms. The lowest BCUT2D eigenvalue weighted by atomic mass is 10.1. The third kappa shape index (κ3) is 3.03. The van der Waals surface area contributed by atoms with E-state index in [-0.39, 0.29) is 11.7 Å². The fraction of sp³-hybridized carbons (Fsp3) is 0.273. The Hall–Kier alpha value is -2.88. The number of carbonyl (C=O) groups excluding carboxylic acids is 1. The van der Waals surface area contributed by atoms with Gasteiger partial charge in [-0.15, -0.1) is 0 Å². The predicted molar refractivity (Wildman–Crippen MR) is 104 cm³/mol. The van der Waals surface area contributed by atoms with Crippen LogP contribution in [0, 0.1) is 12.8 Å². The molecule has 2 aromatic carbocycles. The fourth-order valence-electron chi connectivity index (χ4n) is 3.29. The van der Waals surface area contributed by atoms with Crippen LogP contribution in [0.3, 0.4) is 0 Å². The summed E-state index contributed by atoms with van der Waals surface area (Å²) >= 11 is 0. The zero-order valence-electron chi connectivity index (χ0n) is 15.2. The molecule has 1 aliphatic carbocycles. The van der Waals surface area contributed by atoms with Crippen LogP contribution in [0.1, 0.15) is 41.5 Å². The van der Waals surface area contributed by atoms with Crippen LogP contribution in [0.25, 0.3) is 5.69 Å². The van der Waals surface area contributed by atoms with Crippen LogP contribution in [0.4, 0.5) is 11.4 Å². The zero-order valence-corrected chi connectivity index (χ0v) is 15.2. The molecule has 1 fully saturated rings. The summed E-state index contributed by atoms with van der Waals surface area (Å²) in [6.45, 7) is 4.18. The van der Waals surface area contributed by atoms with Gasteiger partial charge in [0.2, 0.25) is 0 Å². The van der Waals surface area contributed by atoms with Crippen molar-refractivity contribution in [3.8, 4) is 5.69 Å². The van der Waals surface area contributed by atoms with Crippen LogP contribution in [0.5, 0.6) is 0 Å². The summed E-state index contributed by atoms with van der Waals surface area (Å²) < 4.78 is 1.94. The monoisotopic (exact) mass is 345 g/mol. The molecule has 1 saturated carbocycles. The van der Waals surface area contributed by atoms with Crippen LogP contribution < -0.4 is 5.32 Å². The smallest absolute Gasteiger partial charge is 0.188 e. The highest BCUT2D eigenvalue weighted by atomic mass is 16.1. The normalized spacial score (nSPS) is 13.6. The van der Waals surface area contributed by atoms with Gasteiger partial charge >= 0.3 is 0 Å². The molecular formula is C22H23N3O. The highest BCUT2D eigenvalue weighted by Gasteiger charge is 2.35. The maximum atomic E-state index is 12.9. The summed E-state index contributed by atoms with van der Waals surface area (Å²) in [5.41, 5.74) is 5.58. The maximum Gasteiger partial charge on any atom is 0.188 e. The Morgan fingerprint density at radius 1 is 1.12 bits per heavy atom. The number of aryl methyl sites for hydroxylation is 1. The molecular weight excluding hydrogens is 322 g/mol. The first-order chi connectivity index (χ1) is 12.7. The first-order valence-corrected chi connectivity index (χ1v) is 9.23. The Labute approximate surface area is 153 Å². The molecule has 3 aromatic rings. The summed E-state index contributed by atoms with van der Waals surface area (Å²) in [4.78, 5) is 12.9. The molecule has 4 heteroatoms. The quantitative estimate of drug-likeness (QED) is 0.634. The molecule has 0 unspecified atom stereocenters. The minimum absolute atomic E-state index is 0.135. The van der Waals surface area contributed by atoms with E-state index in [9.17, 15) is 4.79 Å². The number of hydrogen-bond donors (Lipinski definition) is 1. The molecule has 0 radical (unpaired) electrons. The van der Waals surface area contributed by atoms with E-state index in [1.165, 1.54) is 0 Å². The van der Waals surface area contributed by atoms with E-state index >= 15 is 0 Å². The van der Waals surface area contributed by atoms with Crippen molar-refractivity contribution >= 4 is 17.2 Å². The first-order valence-electron chi connectivity index (χ1n) is 9.23. The fourth-order valence-corrected chi connectivity index (χ4v) is 3.29. The zero-order chi connectivity index (χ0) is 18.1. The van der Waals surface area contributed by atoms with E-state index < -0.39 is 0 Å². The number of rotatable bonds is 6. The van der Waals surface area contributed by atoms with Crippen LogP contribution >= 0.6 is 0 Å². The minimum atomic E-state index is 0.135. The van der Waals surface area contributed by atoms with E-state index in [0.717, 1.165) is 47.6 Å². The third-order valence-corrected chi connectivity index (χ3v) is 4.88. The molecule has 1 heterocycles. The van der Waals surface area contributed by atoms with Gasteiger partial charge in [-0.2, -0.15) is 5.10 Å². The van der Waals surface area contributed by atoms with Crippen LogP contribution in [0.15, 0.2) is 54.6 Å². The number of aromatic nitrogens is 2. The Kier molecular flexibility index (Phi) is 4.33. The number of nitrogens with zero attached hydrogens (tertiary/aromatic N) is 2. The number of hydrogen-bond acceptors (Lipinski definition) is 3. The van der Waals surface area contributed by atoms with Gasteiger partial charge in [-0.1, -0.05) is 43.3 Å². The van der Waals surface area contributed by atoms with Crippen molar-refractivity contribution in [3.63, 3.8) is 0 Å². The Morgan fingerprint density at radius 2 is 1.81 bits per heavy atom. The van der Waals surface area contributed by atoms with Crippen molar-refractivity contribution < 1.29 is 4.79 Å². The van der Waals surface area contributed by atoms with E-state index in [2.05, 4.69) is 31.3 Å². The van der Waals surface area contributed by atoms with Gasteiger partial charge in [-0.25, -0.2) is 4.68 Å². The van der Waals surface area contributed by atoms with Crippen molar-refractivity contribution in [2.75, 3.05) is 5.32 Å². The largest absolute Gasteiger partial charge is 0.352 e. The maximum absolute atomic E-state index is 12.9. The molecule has 0 amide bonds. The molecule has 26 heavy (non-hydrogen) atoms. The van der Waals surface area contributed by atoms with Crippen molar-refractivity contribution in [1.29, 1.82) is 0 Å². The second-order valence-corrected chi connectivity index (χ2v) is 6.85.